The van der Waals surface area contributed by atoms with Gasteiger partial charge in [-0.1, -0.05) is 37.9 Å². The van der Waals surface area contributed by atoms with Crippen molar-refractivity contribution in [2.45, 2.75) is 52.7 Å². The largest absolute Gasteiger partial charge is 0.458 e. The Hall–Kier alpha value is -1.98. The van der Waals surface area contributed by atoms with E-state index in [1.807, 2.05) is 13.8 Å². The second-order valence-corrected chi connectivity index (χ2v) is 6.62. The summed E-state index contributed by atoms with van der Waals surface area (Å²) in [4.78, 5) is 24.4. The van der Waals surface area contributed by atoms with Crippen molar-refractivity contribution in [3.8, 4) is 0 Å². The van der Waals surface area contributed by atoms with Crippen molar-refractivity contribution in [1.82, 2.24) is 5.32 Å². The molecule has 1 aromatic carbocycles. The molecule has 0 fully saturated rings. The molecule has 0 bridgehead atoms. The van der Waals surface area contributed by atoms with E-state index in [4.69, 9.17) is 12.6 Å². The lowest BCUT2D eigenvalue weighted by Crippen LogP contribution is -2.49. The van der Waals surface area contributed by atoms with Crippen molar-refractivity contribution in [1.29, 1.82) is 0 Å². The standard InChI is InChI=1S/C17H25BN2O3/c1-6-11(2)14(15(21)23-17(3,4)5)20-16(22)19-13-9-7-12(18)8-10-13/h7-11,14H,6H2,1-5H3,(H2,19,20,22)/t11-,14-/m0/s1. The number of rotatable bonds is 5. The van der Waals surface area contributed by atoms with Gasteiger partial charge in [-0.15, -0.1) is 0 Å². The van der Waals surface area contributed by atoms with Crippen LogP contribution in [0.3, 0.4) is 0 Å². The van der Waals surface area contributed by atoms with Crippen LogP contribution in [0.5, 0.6) is 0 Å². The van der Waals surface area contributed by atoms with Gasteiger partial charge in [0.05, 0.1) is 0 Å². The van der Waals surface area contributed by atoms with Gasteiger partial charge >= 0.3 is 12.0 Å². The molecule has 0 aromatic heterocycles. The van der Waals surface area contributed by atoms with Crippen LogP contribution >= 0.6 is 0 Å². The molecule has 6 heteroatoms. The zero-order valence-electron chi connectivity index (χ0n) is 14.5. The Morgan fingerprint density at radius 1 is 1.22 bits per heavy atom. The number of hydrogen-bond acceptors (Lipinski definition) is 3. The summed E-state index contributed by atoms with van der Waals surface area (Å²) in [7, 11) is 5.60. The predicted octanol–water partition coefficient (Wildman–Crippen LogP) is 2.36. The normalized spacial score (nSPS) is 13.8. The first kappa shape index (κ1) is 19.1. The summed E-state index contributed by atoms with van der Waals surface area (Å²) in [6.07, 6.45) is 0.742. The van der Waals surface area contributed by atoms with Gasteiger partial charge in [0.15, 0.2) is 0 Å². The molecule has 5 nitrogen and oxygen atoms in total. The maximum Gasteiger partial charge on any atom is 0.329 e. The molecule has 0 aliphatic carbocycles. The van der Waals surface area contributed by atoms with Crippen molar-refractivity contribution in [3.63, 3.8) is 0 Å². The molecule has 2 radical (unpaired) electrons. The molecule has 0 unspecified atom stereocenters. The molecule has 2 atom stereocenters. The molecule has 2 amide bonds. The van der Waals surface area contributed by atoms with Crippen LogP contribution in [0.25, 0.3) is 0 Å². The van der Waals surface area contributed by atoms with Crippen LogP contribution in [-0.2, 0) is 9.53 Å². The molecule has 0 spiro atoms. The zero-order valence-corrected chi connectivity index (χ0v) is 14.5. The molecule has 0 saturated carbocycles. The maximum atomic E-state index is 12.3. The van der Waals surface area contributed by atoms with Crippen molar-refractivity contribution in [3.05, 3.63) is 24.3 Å². The van der Waals surface area contributed by atoms with E-state index >= 15 is 0 Å². The van der Waals surface area contributed by atoms with Crippen LogP contribution < -0.4 is 16.1 Å². The minimum Gasteiger partial charge on any atom is -0.458 e. The summed E-state index contributed by atoms with van der Waals surface area (Å²) in [6.45, 7) is 9.26. The molecule has 0 aliphatic rings. The van der Waals surface area contributed by atoms with Gasteiger partial charge in [-0.05, 0) is 38.8 Å². The van der Waals surface area contributed by atoms with E-state index in [0.717, 1.165) is 6.42 Å². The van der Waals surface area contributed by atoms with Gasteiger partial charge in [0.2, 0.25) is 0 Å². The lowest BCUT2D eigenvalue weighted by atomic mass is 9.96. The van der Waals surface area contributed by atoms with E-state index in [2.05, 4.69) is 10.6 Å². The molecular formula is C17H25BN2O3. The molecule has 1 aromatic rings. The summed E-state index contributed by atoms with van der Waals surface area (Å²) in [5, 5.41) is 5.38. The van der Waals surface area contributed by atoms with Crippen molar-refractivity contribution < 1.29 is 14.3 Å². The van der Waals surface area contributed by atoms with Gasteiger partial charge in [-0.25, -0.2) is 9.59 Å². The maximum absolute atomic E-state index is 12.3. The lowest BCUT2D eigenvalue weighted by molar-refractivity contribution is -0.158. The highest BCUT2D eigenvalue weighted by Crippen LogP contribution is 2.15. The SMILES string of the molecule is [B]c1ccc(NC(=O)N[C@H](C(=O)OC(C)(C)C)[C@@H](C)CC)cc1. The minimum atomic E-state index is -0.701. The molecule has 0 heterocycles. The van der Waals surface area contributed by atoms with Crippen LogP contribution in [0.15, 0.2) is 24.3 Å². The third kappa shape index (κ3) is 6.76. The molecule has 0 saturated heterocycles. The Labute approximate surface area is 139 Å². The molecule has 2 N–H and O–H groups in total. The number of esters is 1. The minimum absolute atomic E-state index is 0.0398. The Morgan fingerprint density at radius 3 is 2.26 bits per heavy atom. The number of carbonyl (C=O) groups excluding carboxylic acids is 2. The lowest BCUT2D eigenvalue weighted by Gasteiger charge is -2.27. The molecule has 23 heavy (non-hydrogen) atoms. The Kier molecular flexibility index (Phi) is 6.67. The fraction of sp³-hybridized carbons (Fsp3) is 0.529. The number of carbonyl (C=O) groups is 2. The fourth-order valence-corrected chi connectivity index (χ4v) is 1.91. The molecule has 0 aliphatic heterocycles. The van der Waals surface area contributed by atoms with E-state index in [0.29, 0.717) is 11.2 Å². The first-order valence-corrected chi connectivity index (χ1v) is 7.78. The van der Waals surface area contributed by atoms with Crippen LogP contribution in [0.2, 0.25) is 0 Å². The van der Waals surface area contributed by atoms with Gasteiger partial charge in [0, 0.05) is 5.69 Å². The van der Waals surface area contributed by atoms with Gasteiger partial charge in [0.25, 0.3) is 0 Å². The van der Waals surface area contributed by atoms with Crippen LogP contribution in [0.4, 0.5) is 10.5 Å². The number of nitrogens with one attached hydrogen (secondary N) is 2. The second-order valence-electron chi connectivity index (χ2n) is 6.62. The third-order valence-corrected chi connectivity index (χ3v) is 3.33. The molecule has 124 valence electrons. The number of ether oxygens (including phenoxy) is 1. The van der Waals surface area contributed by atoms with Crippen LogP contribution in [0, 0.1) is 5.92 Å². The molecule has 1 rings (SSSR count). The van der Waals surface area contributed by atoms with E-state index < -0.39 is 23.6 Å². The highest BCUT2D eigenvalue weighted by atomic mass is 16.6. The van der Waals surface area contributed by atoms with E-state index in [9.17, 15) is 9.59 Å². The Morgan fingerprint density at radius 2 is 1.78 bits per heavy atom. The first-order valence-electron chi connectivity index (χ1n) is 7.78. The average Bonchev–Trinajstić information content (AvgIpc) is 2.44. The highest BCUT2D eigenvalue weighted by molar-refractivity contribution is 6.32. The smallest absolute Gasteiger partial charge is 0.329 e. The van der Waals surface area contributed by atoms with E-state index in [-0.39, 0.29) is 5.92 Å². The Bertz CT molecular complexity index is 538. The van der Waals surface area contributed by atoms with E-state index in [1.54, 1.807) is 45.0 Å². The van der Waals surface area contributed by atoms with Crippen molar-refractivity contribution in [2.24, 2.45) is 5.92 Å². The van der Waals surface area contributed by atoms with Crippen LogP contribution in [0.1, 0.15) is 41.0 Å². The Balaban J connectivity index is 2.74. The third-order valence-electron chi connectivity index (χ3n) is 3.33. The van der Waals surface area contributed by atoms with Crippen molar-refractivity contribution in [2.75, 3.05) is 5.32 Å². The second kappa shape index (κ2) is 8.04. The number of urea groups is 1. The van der Waals surface area contributed by atoms with Gasteiger partial charge in [-0.2, -0.15) is 0 Å². The monoisotopic (exact) mass is 316 g/mol. The summed E-state index contributed by atoms with van der Waals surface area (Å²) in [5.74, 6) is -0.471. The van der Waals surface area contributed by atoms with Crippen molar-refractivity contribution >= 4 is 31.0 Å². The topological polar surface area (TPSA) is 67.4 Å². The van der Waals surface area contributed by atoms with Gasteiger partial charge in [-0.3, -0.25) is 0 Å². The molecular weight excluding hydrogens is 291 g/mol. The fourth-order valence-electron chi connectivity index (χ4n) is 1.91. The average molecular weight is 316 g/mol. The number of benzene rings is 1. The summed E-state index contributed by atoms with van der Waals surface area (Å²) >= 11 is 0. The zero-order chi connectivity index (χ0) is 17.6. The summed E-state index contributed by atoms with van der Waals surface area (Å²) in [6, 6.07) is 5.62. The number of anilines is 1. The summed E-state index contributed by atoms with van der Waals surface area (Å²) < 4.78 is 5.39. The number of hydrogen-bond donors (Lipinski definition) is 2. The quantitative estimate of drug-likeness (QED) is 0.647. The predicted molar refractivity (Wildman–Crippen MR) is 93.1 cm³/mol. The van der Waals surface area contributed by atoms with E-state index in [1.165, 1.54) is 0 Å². The first-order chi connectivity index (χ1) is 10.6. The van der Waals surface area contributed by atoms with Gasteiger partial charge in [0.1, 0.15) is 19.5 Å². The van der Waals surface area contributed by atoms with Crippen LogP contribution in [-0.4, -0.2) is 31.5 Å². The van der Waals surface area contributed by atoms with Gasteiger partial charge < -0.3 is 15.4 Å². The highest BCUT2D eigenvalue weighted by Gasteiger charge is 2.30. The number of amides is 2. The summed E-state index contributed by atoms with van der Waals surface area (Å²) in [5.41, 5.74) is 0.615.